The first-order valence-electron chi connectivity index (χ1n) is 15.0. The van der Waals surface area contributed by atoms with Crippen molar-refractivity contribution < 1.29 is 13.2 Å². The number of likely N-dealkylation sites (tertiary alicyclic amines) is 2. The Morgan fingerprint density at radius 2 is 1.81 bits per heavy atom. The van der Waals surface area contributed by atoms with Gasteiger partial charge in [-0.25, -0.2) is 13.4 Å². The number of aromatic nitrogens is 2. The van der Waals surface area contributed by atoms with E-state index in [1.54, 1.807) is 38.1 Å². The molecule has 1 atom stereocenters. The van der Waals surface area contributed by atoms with Gasteiger partial charge in [-0.15, -0.1) is 0 Å². The zero-order valence-electron chi connectivity index (χ0n) is 24.6. The van der Waals surface area contributed by atoms with Crippen LogP contribution in [0.2, 0.25) is 5.02 Å². The van der Waals surface area contributed by atoms with Crippen LogP contribution in [0.25, 0.3) is 0 Å². The summed E-state index contributed by atoms with van der Waals surface area (Å²) in [4.78, 5) is 28.9. The maximum Gasteiger partial charge on any atom is 0.236 e. The van der Waals surface area contributed by atoms with Crippen molar-refractivity contribution in [2.24, 2.45) is 5.92 Å². The Kier molecular flexibility index (Phi) is 10.2. The van der Waals surface area contributed by atoms with Gasteiger partial charge >= 0.3 is 0 Å². The molecule has 0 spiro atoms. The lowest BCUT2D eigenvalue weighted by molar-refractivity contribution is -0.133. The quantitative estimate of drug-likeness (QED) is 0.366. The van der Waals surface area contributed by atoms with Crippen molar-refractivity contribution in [1.82, 2.24) is 30.0 Å². The minimum Gasteiger partial charge on any atom is -0.350 e. The monoisotopic (exact) mass is 618 g/mol. The number of hydrogen-bond donors (Lipinski definition) is 3. The molecule has 13 heteroatoms. The standard InChI is InChI=1S/C29H43ClN8O3S/c1-21(2)42(40,41)26-6-4-3-5-25(26)34-28-24(30)17-32-29(35-28)33-23-9-12-37(19-23)20-27(39)38-13-7-22(8-14-38)18-36-15-10-31-11-16-36/h3-6,17,21-23,31H,7-16,18-20H2,1-2H3,(H2,32,33,34,35). The summed E-state index contributed by atoms with van der Waals surface area (Å²) in [6.07, 6.45) is 4.53. The van der Waals surface area contributed by atoms with Gasteiger partial charge in [0.1, 0.15) is 5.02 Å². The lowest BCUT2D eigenvalue weighted by atomic mass is 9.96. The fourth-order valence-corrected chi connectivity index (χ4v) is 7.26. The maximum atomic E-state index is 13.1. The lowest BCUT2D eigenvalue weighted by Crippen LogP contribution is -2.48. The molecule has 2 aromatic rings. The van der Waals surface area contributed by atoms with Crippen LogP contribution in [-0.4, -0.2) is 116 Å². The van der Waals surface area contributed by atoms with Gasteiger partial charge < -0.3 is 25.8 Å². The molecule has 1 aromatic carbocycles. The van der Waals surface area contributed by atoms with Crippen LogP contribution in [0.15, 0.2) is 35.4 Å². The molecule has 3 aliphatic rings. The van der Waals surface area contributed by atoms with Crippen LogP contribution in [0.4, 0.5) is 17.5 Å². The van der Waals surface area contributed by atoms with E-state index in [0.717, 1.165) is 78.2 Å². The number of piperazine rings is 1. The topological polar surface area (TPSA) is 123 Å². The van der Waals surface area contributed by atoms with Crippen molar-refractivity contribution in [2.75, 3.05) is 76.1 Å². The number of para-hydroxylation sites is 1. The van der Waals surface area contributed by atoms with Crippen molar-refractivity contribution in [3.63, 3.8) is 0 Å². The number of rotatable bonds is 10. The molecule has 1 unspecified atom stereocenters. The van der Waals surface area contributed by atoms with Crippen molar-refractivity contribution >= 4 is 44.8 Å². The maximum absolute atomic E-state index is 13.1. The summed E-state index contributed by atoms with van der Waals surface area (Å²) in [7, 11) is -3.51. The number of carbonyl (C=O) groups is 1. The number of carbonyl (C=O) groups excluding carboxylic acids is 1. The molecule has 3 aliphatic heterocycles. The van der Waals surface area contributed by atoms with Gasteiger partial charge in [0.05, 0.1) is 28.6 Å². The summed E-state index contributed by atoms with van der Waals surface area (Å²) >= 11 is 6.38. The van der Waals surface area contributed by atoms with Gasteiger partial charge in [0.2, 0.25) is 11.9 Å². The second-order valence-corrected chi connectivity index (χ2v) is 14.7. The fraction of sp³-hybridized carbons (Fsp3) is 0.621. The van der Waals surface area contributed by atoms with Crippen LogP contribution in [0, 0.1) is 5.92 Å². The van der Waals surface area contributed by atoms with E-state index in [4.69, 9.17) is 11.6 Å². The summed E-state index contributed by atoms with van der Waals surface area (Å²) in [5.41, 5.74) is 0.413. The molecule has 3 fully saturated rings. The van der Waals surface area contributed by atoms with Crippen LogP contribution in [-0.2, 0) is 14.6 Å². The third-order valence-electron chi connectivity index (χ3n) is 8.47. The predicted octanol–water partition coefficient (Wildman–Crippen LogP) is 2.69. The molecule has 0 aliphatic carbocycles. The van der Waals surface area contributed by atoms with E-state index in [1.165, 1.54) is 6.20 Å². The number of sulfone groups is 1. The van der Waals surface area contributed by atoms with Gasteiger partial charge in [-0.2, -0.15) is 4.98 Å². The molecule has 230 valence electrons. The number of piperidine rings is 1. The SMILES string of the molecule is CC(C)S(=O)(=O)c1ccccc1Nc1nc(NC2CCN(CC(=O)N3CCC(CN4CCNCC4)CC3)C2)ncc1Cl. The highest BCUT2D eigenvalue weighted by molar-refractivity contribution is 7.92. The Bertz CT molecular complexity index is 1330. The normalized spacial score (nSPS) is 21.1. The second kappa shape index (κ2) is 13.9. The average molecular weight is 619 g/mol. The predicted molar refractivity (Wildman–Crippen MR) is 166 cm³/mol. The number of nitrogens with one attached hydrogen (secondary N) is 3. The smallest absolute Gasteiger partial charge is 0.236 e. The summed E-state index contributed by atoms with van der Waals surface area (Å²) < 4.78 is 25.7. The van der Waals surface area contributed by atoms with E-state index in [0.29, 0.717) is 29.9 Å². The molecular formula is C29H43ClN8O3S. The summed E-state index contributed by atoms with van der Waals surface area (Å²) in [6, 6.07) is 6.82. The Labute approximate surface area is 254 Å². The Hall–Kier alpha value is -2.51. The minimum absolute atomic E-state index is 0.0881. The molecule has 3 saturated heterocycles. The van der Waals surface area contributed by atoms with Gasteiger partial charge in [0.15, 0.2) is 15.7 Å². The van der Waals surface area contributed by atoms with Crippen molar-refractivity contribution in [3.05, 3.63) is 35.5 Å². The van der Waals surface area contributed by atoms with Gasteiger partial charge in [0.25, 0.3) is 0 Å². The van der Waals surface area contributed by atoms with Crippen LogP contribution in [0.3, 0.4) is 0 Å². The first kappa shape index (κ1) is 30.9. The average Bonchev–Trinajstić information content (AvgIpc) is 3.42. The third-order valence-corrected chi connectivity index (χ3v) is 11.0. The summed E-state index contributed by atoms with van der Waals surface area (Å²) in [6.45, 7) is 12.5. The fourth-order valence-electron chi connectivity index (χ4n) is 5.92. The van der Waals surface area contributed by atoms with Gasteiger partial charge in [-0.05, 0) is 51.2 Å². The van der Waals surface area contributed by atoms with Gasteiger partial charge in [-0.1, -0.05) is 23.7 Å². The van der Waals surface area contributed by atoms with E-state index >= 15 is 0 Å². The highest BCUT2D eigenvalue weighted by Crippen LogP contribution is 2.30. The summed E-state index contributed by atoms with van der Waals surface area (Å²) in [5, 5.41) is 9.60. The largest absolute Gasteiger partial charge is 0.350 e. The molecule has 0 saturated carbocycles. The molecule has 3 N–H and O–H groups in total. The van der Waals surface area contributed by atoms with Crippen LogP contribution >= 0.6 is 11.6 Å². The molecule has 1 aromatic heterocycles. The number of halogens is 1. The number of hydrogen-bond acceptors (Lipinski definition) is 10. The molecule has 11 nitrogen and oxygen atoms in total. The van der Waals surface area contributed by atoms with Crippen LogP contribution < -0.4 is 16.0 Å². The molecule has 5 rings (SSSR count). The first-order chi connectivity index (χ1) is 20.2. The first-order valence-corrected chi connectivity index (χ1v) is 16.9. The van der Waals surface area contributed by atoms with Crippen LogP contribution in [0.5, 0.6) is 0 Å². The van der Waals surface area contributed by atoms with Crippen molar-refractivity contribution in [2.45, 2.75) is 49.3 Å². The molecule has 42 heavy (non-hydrogen) atoms. The zero-order valence-corrected chi connectivity index (χ0v) is 26.1. The summed E-state index contributed by atoms with van der Waals surface area (Å²) in [5.74, 6) is 1.61. The van der Waals surface area contributed by atoms with E-state index in [9.17, 15) is 13.2 Å². The number of amides is 1. The minimum atomic E-state index is -3.51. The zero-order chi connectivity index (χ0) is 29.7. The second-order valence-electron chi connectivity index (χ2n) is 11.8. The van der Waals surface area contributed by atoms with E-state index in [-0.39, 0.29) is 21.9 Å². The Balaban J connectivity index is 1.12. The van der Waals surface area contributed by atoms with Crippen molar-refractivity contribution in [1.29, 1.82) is 0 Å². The third kappa shape index (κ3) is 7.71. The molecule has 0 radical (unpaired) electrons. The van der Waals surface area contributed by atoms with E-state index in [1.807, 2.05) is 4.90 Å². The van der Waals surface area contributed by atoms with Gasteiger partial charge in [-0.3, -0.25) is 9.69 Å². The Morgan fingerprint density at radius 1 is 1.07 bits per heavy atom. The van der Waals surface area contributed by atoms with E-state index < -0.39 is 15.1 Å². The van der Waals surface area contributed by atoms with Crippen molar-refractivity contribution in [3.8, 4) is 0 Å². The number of anilines is 3. The lowest BCUT2D eigenvalue weighted by Gasteiger charge is -2.36. The molecule has 4 heterocycles. The number of benzene rings is 1. The van der Waals surface area contributed by atoms with Gasteiger partial charge in [0, 0.05) is 64.9 Å². The van der Waals surface area contributed by atoms with E-state index in [2.05, 4.69) is 35.7 Å². The Morgan fingerprint density at radius 3 is 2.55 bits per heavy atom. The molecular weight excluding hydrogens is 576 g/mol. The molecule has 1 amide bonds. The number of nitrogens with zero attached hydrogens (tertiary/aromatic N) is 5. The highest BCUT2D eigenvalue weighted by Gasteiger charge is 2.29. The molecule has 0 bridgehead atoms. The highest BCUT2D eigenvalue weighted by atomic mass is 35.5. The van der Waals surface area contributed by atoms with Crippen LogP contribution in [0.1, 0.15) is 33.1 Å².